The first kappa shape index (κ1) is 14.0. The van der Waals surface area contributed by atoms with E-state index in [9.17, 15) is 0 Å². The minimum Gasteiger partial charge on any atom is -0.271 e. The first-order valence-electron chi connectivity index (χ1n) is 6.39. The van der Waals surface area contributed by atoms with Crippen LogP contribution >= 0.6 is 11.6 Å². The summed E-state index contributed by atoms with van der Waals surface area (Å²) in [5.41, 5.74) is 6.12. The van der Waals surface area contributed by atoms with Crippen molar-refractivity contribution in [3.05, 3.63) is 64.4 Å². The highest BCUT2D eigenvalue weighted by Crippen LogP contribution is 2.24. The molecule has 2 aromatic rings. The summed E-state index contributed by atoms with van der Waals surface area (Å²) in [5, 5.41) is 0.761. The predicted molar refractivity (Wildman–Crippen MR) is 78.8 cm³/mol. The molecule has 0 aliphatic heterocycles. The quantitative estimate of drug-likeness (QED) is 0.651. The van der Waals surface area contributed by atoms with E-state index in [1.807, 2.05) is 30.3 Å². The van der Waals surface area contributed by atoms with E-state index >= 15 is 0 Å². The van der Waals surface area contributed by atoms with Crippen molar-refractivity contribution in [3.8, 4) is 0 Å². The van der Waals surface area contributed by atoms with E-state index in [1.54, 1.807) is 6.20 Å². The van der Waals surface area contributed by atoms with Crippen LogP contribution in [0.5, 0.6) is 0 Å². The Morgan fingerprint density at radius 3 is 2.63 bits per heavy atom. The van der Waals surface area contributed by atoms with Crippen molar-refractivity contribution in [1.29, 1.82) is 0 Å². The maximum atomic E-state index is 6.20. The van der Waals surface area contributed by atoms with Gasteiger partial charge < -0.3 is 0 Å². The summed E-state index contributed by atoms with van der Waals surface area (Å²) >= 11 is 6.20. The van der Waals surface area contributed by atoms with Crippen LogP contribution in [-0.2, 0) is 12.8 Å². The number of aromatic nitrogens is 1. The van der Waals surface area contributed by atoms with Gasteiger partial charge in [0.05, 0.1) is 11.7 Å². The number of hydrogen-bond acceptors (Lipinski definition) is 3. The molecular weight excluding hydrogens is 258 g/mol. The summed E-state index contributed by atoms with van der Waals surface area (Å²) in [5.74, 6) is 5.69. The third-order valence-electron chi connectivity index (χ3n) is 3.22. The van der Waals surface area contributed by atoms with Crippen molar-refractivity contribution in [2.45, 2.75) is 25.8 Å². The van der Waals surface area contributed by atoms with E-state index in [1.165, 1.54) is 5.56 Å². The molecule has 1 heterocycles. The standard InChI is InChI=1S/C15H18ClN3/c1-2-11-7-5-9-18-15(11)14(19-17)10-12-6-3-4-8-13(12)16/h3-9,14,19H,2,10,17H2,1H3. The third kappa shape index (κ3) is 3.32. The SMILES string of the molecule is CCc1cccnc1C(Cc1ccccc1Cl)NN. The Bertz CT molecular complexity index is 542. The van der Waals surface area contributed by atoms with E-state index < -0.39 is 0 Å². The molecule has 1 aromatic heterocycles. The smallest absolute Gasteiger partial charge is 0.0675 e. The van der Waals surface area contributed by atoms with Crippen LogP contribution in [0, 0.1) is 0 Å². The highest BCUT2D eigenvalue weighted by molar-refractivity contribution is 6.31. The van der Waals surface area contributed by atoms with Crippen LogP contribution in [0.15, 0.2) is 42.6 Å². The predicted octanol–water partition coefficient (Wildman–Crippen LogP) is 3.04. The second-order valence-corrected chi connectivity index (χ2v) is 4.82. The molecule has 1 unspecified atom stereocenters. The van der Waals surface area contributed by atoms with Crippen LogP contribution in [0.3, 0.4) is 0 Å². The van der Waals surface area contributed by atoms with Crippen molar-refractivity contribution >= 4 is 11.6 Å². The number of benzene rings is 1. The van der Waals surface area contributed by atoms with E-state index in [0.29, 0.717) is 0 Å². The molecule has 2 rings (SSSR count). The van der Waals surface area contributed by atoms with Crippen LogP contribution in [0.25, 0.3) is 0 Å². The lowest BCUT2D eigenvalue weighted by Crippen LogP contribution is -2.31. The molecule has 3 nitrogen and oxygen atoms in total. The Morgan fingerprint density at radius 2 is 1.95 bits per heavy atom. The van der Waals surface area contributed by atoms with Crippen molar-refractivity contribution in [3.63, 3.8) is 0 Å². The second-order valence-electron chi connectivity index (χ2n) is 4.42. The largest absolute Gasteiger partial charge is 0.271 e. The number of halogens is 1. The maximum absolute atomic E-state index is 6.20. The summed E-state index contributed by atoms with van der Waals surface area (Å²) in [6, 6.07) is 11.8. The average Bonchev–Trinajstić information content (AvgIpc) is 2.46. The first-order valence-corrected chi connectivity index (χ1v) is 6.77. The number of nitrogens with one attached hydrogen (secondary N) is 1. The molecule has 0 saturated heterocycles. The molecule has 1 atom stereocenters. The van der Waals surface area contributed by atoms with Gasteiger partial charge in [-0.2, -0.15) is 0 Å². The minimum atomic E-state index is -0.0314. The van der Waals surface area contributed by atoms with E-state index in [4.69, 9.17) is 17.4 Å². The molecule has 0 radical (unpaired) electrons. The normalized spacial score (nSPS) is 12.4. The number of aryl methyl sites for hydroxylation is 1. The van der Waals surface area contributed by atoms with Gasteiger partial charge in [0.25, 0.3) is 0 Å². The molecule has 0 aliphatic rings. The molecule has 100 valence electrons. The molecule has 0 fully saturated rings. The molecule has 4 heteroatoms. The van der Waals surface area contributed by atoms with Crippen molar-refractivity contribution in [1.82, 2.24) is 10.4 Å². The van der Waals surface area contributed by atoms with Gasteiger partial charge in [-0.05, 0) is 36.1 Å². The van der Waals surface area contributed by atoms with Crippen LogP contribution < -0.4 is 11.3 Å². The first-order chi connectivity index (χ1) is 9.26. The zero-order chi connectivity index (χ0) is 13.7. The topological polar surface area (TPSA) is 50.9 Å². The molecule has 19 heavy (non-hydrogen) atoms. The van der Waals surface area contributed by atoms with Gasteiger partial charge >= 0.3 is 0 Å². The molecule has 0 aliphatic carbocycles. The van der Waals surface area contributed by atoms with Crippen LogP contribution in [0.1, 0.15) is 29.8 Å². The molecule has 1 aromatic carbocycles. The van der Waals surface area contributed by atoms with Gasteiger partial charge in [0, 0.05) is 11.2 Å². The Kier molecular flexibility index (Phi) is 4.91. The summed E-state index contributed by atoms with van der Waals surface area (Å²) in [7, 11) is 0. The van der Waals surface area contributed by atoms with E-state index in [0.717, 1.165) is 29.1 Å². The van der Waals surface area contributed by atoms with Crippen molar-refractivity contribution in [2.75, 3.05) is 0 Å². The lowest BCUT2D eigenvalue weighted by molar-refractivity contribution is 0.533. The Hall–Kier alpha value is -1.42. The lowest BCUT2D eigenvalue weighted by Gasteiger charge is -2.18. The average molecular weight is 276 g/mol. The summed E-state index contributed by atoms with van der Waals surface area (Å²) < 4.78 is 0. The number of rotatable bonds is 5. The fourth-order valence-electron chi connectivity index (χ4n) is 2.18. The van der Waals surface area contributed by atoms with Gasteiger partial charge in [0.15, 0.2) is 0 Å². The highest BCUT2D eigenvalue weighted by atomic mass is 35.5. The van der Waals surface area contributed by atoms with Crippen LogP contribution in [-0.4, -0.2) is 4.98 Å². The van der Waals surface area contributed by atoms with Gasteiger partial charge in [-0.3, -0.25) is 16.3 Å². The zero-order valence-electron chi connectivity index (χ0n) is 10.9. The minimum absolute atomic E-state index is 0.0314. The van der Waals surface area contributed by atoms with Gasteiger partial charge in [-0.1, -0.05) is 42.8 Å². The lowest BCUT2D eigenvalue weighted by atomic mass is 9.99. The van der Waals surface area contributed by atoms with Crippen LogP contribution in [0.2, 0.25) is 5.02 Å². The summed E-state index contributed by atoms with van der Waals surface area (Å²) in [4.78, 5) is 4.46. The zero-order valence-corrected chi connectivity index (χ0v) is 11.7. The van der Waals surface area contributed by atoms with Gasteiger partial charge in [-0.15, -0.1) is 0 Å². The van der Waals surface area contributed by atoms with Crippen LogP contribution in [0.4, 0.5) is 0 Å². The molecule has 0 bridgehead atoms. The van der Waals surface area contributed by atoms with E-state index in [-0.39, 0.29) is 6.04 Å². The summed E-state index contributed by atoms with van der Waals surface area (Å²) in [6.07, 6.45) is 3.45. The number of hydrazine groups is 1. The van der Waals surface area contributed by atoms with Crippen molar-refractivity contribution < 1.29 is 0 Å². The van der Waals surface area contributed by atoms with Gasteiger partial charge in [0.1, 0.15) is 0 Å². The number of pyridine rings is 1. The molecule has 3 N–H and O–H groups in total. The number of nitrogens with two attached hydrogens (primary N) is 1. The Balaban J connectivity index is 2.28. The Morgan fingerprint density at radius 1 is 1.21 bits per heavy atom. The summed E-state index contributed by atoms with van der Waals surface area (Å²) in [6.45, 7) is 2.11. The number of hydrogen-bond donors (Lipinski definition) is 2. The fourth-order valence-corrected chi connectivity index (χ4v) is 2.39. The van der Waals surface area contributed by atoms with Gasteiger partial charge in [-0.25, -0.2) is 0 Å². The number of nitrogens with zero attached hydrogens (tertiary/aromatic N) is 1. The Labute approximate surface area is 118 Å². The third-order valence-corrected chi connectivity index (χ3v) is 3.59. The molecule has 0 amide bonds. The van der Waals surface area contributed by atoms with Gasteiger partial charge in [0.2, 0.25) is 0 Å². The second kappa shape index (κ2) is 6.66. The monoisotopic (exact) mass is 275 g/mol. The molecular formula is C15H18ClN3. The van der Waals surface area contributed by atoms with E-state index in [2.05, 4.69) is 23.4 Å². The molecule has 0 saturated carbocycles. The highest BCUT2D eigenvalue weighted by Gasteiger charge is 2.16. The fraction of sp³-hybridized carbons (Fsp3) is 0.267. The maximum Gasteiger partial charge on any atom is 0.0675 e. The van der Waals surface area contributed by atoms with Crippen molar-refractivity contribution in [2.24, 2.45) is 5.84 Å². The molecule has 0 spiro atoms.